The van der Waals surface area contributed by atoms with Crippen molar-refractivity contribution >= 4 is 5.96 Å². The summed E-state index contributed by atoms with van der Waals surface area (Å²) in [7, 11) is 0. The molecule has 0 aromatic carbocycles. The van der Waals surface area contributed by atoms with E-state index in [0.717, 1.165) is 44.6 Å². The fourth-order valence-electron chi connectivity index (χ4n) is 2.90. The lowest BCUT2D eigenvalue weighted by molar-refractivity contribution is 0.146. The van der Waals surface area contributed by atoms with E-state index in [9.17, 15) is 0 Å². The molecule has 1 saturated carbocycles. The molecule has 0 radical (unpaired) electrons. The molecular weight excluding hydrogens is 216 g/mol. The lowest BCUT2D eigenvalue weighted by Crippen LogP contribution is -2.48. The van der Waals surface area contributed by atoms with Gasteiger partial charge in [-0.25, -0.2) is 5.84 Å². The van der Waals surface area contributed by atoms with Crippen LogP contribution in [-0.4, -0.2) is 43.2 Å². The summed E-state index contributed by atoms with van der Waals surface area (Å²) >= 11 is 0. The minimum atomic E-state index is 0.668. The van der Waals surface area contributed by atoms with Crippen molar-refractivity contribution in [1.82, 2.24) is 10.3 Å². The number of nitrogens with one attached hydrogen (secondary N) is 1. The Hall–Kier alpha value is -0.810. The lowest BCUT2D eigenvalue weighted by Gasteiger charge is -2.29. The van der Waals surface area contributed by atoms with Gasteiger partial charge in [0, 0.05) is 32.3 Å². The number of guanidine groups is 1. The third-order valence-corrected chi connectivity index (χ3v) is 3.72. The summed E-state index contributed by atoms with van der Waals surface area (Å²) in [4.78, 5) is 6.88. The molecule has 2 rings (SSSR count). The van der Waals surface area contributed by atoms with Gasteiger partial charge in [0.25, 0.3) is 0 Å². The second-order valence-electron chi connectivity index (χ2n) is 4.89. The number of ether oxygens (including phenoxy) is 1. The highest BCUT2D eigenvalue weighted by molar-refractivity contribution is 5.80. The molecule has 2 atom stereocenters. The summed E-state index contributed by atoms with van der Waals surface area (Å²) in [6.07, 6.45) is 4.95. The first kappa shape index (κ1) is 12.6. The Morgan fingerprint density at radius 2 is 2.41 bits per heavy atom. The molecule has 98 valence electrons. The molecule has 3 N–H and O–H groups in total. The van der Waals surface area contributed by atoms with E-state index >= 15 is 0 Å². The number of nitrogens with zero attached hydrogens (tertiary/aromatic N) is 2. The van der Waals surface area contributed by atoms with Crippen molar-refractivity contribution in [3.63, 3.8) is 0 Å². The number of fused-ring (bicyclic) bond motifs is 2. The largest absolute Gasteiger partial charge is 0.382 e. The van der Waals surface area contributed by atoms with Crippen LogP contribution in [-0.2, 0) is 4.74 Å². The van der Waals surface area contributed by atoms with Gasteiger partial charge in [-0.2, -0.15) is 0 Å². The molecule has 1 saturated heterocycles. The van der Waals surface area contributed by atoms with Crippen LogP contribution in [0.2, 0.25) is 0 Å². The summed E-state index contributed by atoms with van der Waals surface area (Å²) in [5.74, 6) is 7.30. The Bertz CT molecular complexity index is 269. The van der Waals surface area contributed by atoms with Crippen LogP contribution in [0.25, 0.3) is 0 Å². The van der Waals surface area contributed by atoms with Gasteiger partial charge in [0.1, 0.15) is 0 Å². The van der Waals surface area contributed by atoms with Crippen LogP contribution in [0.3, 0.4) is 0 Å². The van der Waals surface area contributed by atoms with E-state index < -0.39 is 0 Å². The molecule has 0 amide bonds. The molecule has 1 aliphatic carbocycles. The van der Waals surface area contributed by atoms with Gasteiger partial charge in [-0.05, 0) is 38.5 Å². The fourth-order valence-corrected chi connectivity index (χ4v) is 2.90. The van der Waals surface area contributed by atoms with Gasteiger partial charge in [0.2, 0.25) is 5.96 Å². The van der Waals surface area contributed by atoms with Crippen molar-refractivity contribution in [2.24, 2.45) is 16.8 Å². The number of rotatable bonds is 5. The molecule has 2 aliphatic rings. The summed E-state index contributed by atoms with van der Waals surface area (Å²) in [6, 6.07) is 0.668. The summed E-state index contributed by atoms with van der Waals surface area (Å²) in [6.45, 7) is 5.48. The molecule has 0 aromatic heterocycles. The molecule has 0 spiro atoms. The number of hydrogen-bond donors (Lipinski definition) is 2. The number of nitrogens with two attached hydrogens (primary N) is 1. The Morgan fingerprint density at radius 3 is 3.00 bits per heavy atom. The van der Waals surface area contributed by atoms with Gasteiger partial charge in [0.05, 0.1) is 0 Å². The van der Waals surface area contributed by atoms with E-state index in [1.807, 2.05) is 6.92 Å². The van der Waals surface area contributed by atoms with Crippen molar-refractivity contribution in [2.45, 2.75) is 38.6 Å². The van der Waals surface area contributed by atoms with Gasteiger partial charge in [-0.3, -0.25) is 10.4 Å². The van der Waals surface area contributed by atoms with Crippen LogP contribution in [0.4, 0.5) is 0 Å². The summed E-state index contributed by atoms with van der Waals surface area (Å²) in [5.41, 5.74) is 2.75. The Morgan fingerprint density at radius 1 is 1.53 bits per heavy atom. The van der Waals surface area contributed by atoms with Gasteiger partial charge >= 0.3 is 0 Å². The van der Waals surface area contributed by atoms with Crippen molar-refractivity contribution < 1.29 is 4.74 Å². The van der Waals surface area contributed by atoms with Gasteiger partial charge in [-0.15, -0.1) is 0 Å². The molecule has 5 heteroatoms. The number of aliphatic imine (C=N–C) groups is 1. The zero-order valence-corrected chi connectivity index (χ0v) is 10.7. The number of hydrazine groups is 1. The lowest BCUT2D eigenvalue weighted by atomic mass is 10.1. The summed E-state index contributed by atoms with van der Waals surface area (Å²) in [5, 5.41) is 0. The number of piperidine rings is 1. The Balaban J connectivity index is 1.77. The van der Waals surface area contributed by atoms with E-state index in [0.29, 0.717) is 6.04 Å². The highest BCUT2D eigenvalue weighted by Gasteiger charge is 2.39. The minimum Gasteiger partial charge on any atom is -0.382 e. The minimum absolute atomic E-state index is 0.668. The van der Waals surface area contributed by atoms with Crippen molar-refractivity contribution in [1.29, 1.82) is 0 Å². The molecule has 0 aromatic rings. The van der Waals surface area contributed by atoms with Gasteiger partial charge in [0.15, 0.2) is 0 Å². The van der Waals surface area contributed by atoms with Crippen LogP contribution >= 0.6 is 0 Å². The maximum Gasteiger partial charge on any atom is 0.208 e. The van der Waals surface area contributed by atoms with Crippen LogP contribution in [0.5, 0.6) is 0 Å². The van der Waals surface area contributed by atoms with Crippen LogP contribution < -0.4 is 11.3 Å². The molecule has 1 heterocycles. The molecular formula is C12H24N4O. The van der Waals surface area contributed by atoms with E-state index in [2.05, 4.69) is 15.3 Å². The maximum absolute atomic E-state index is 5.57. The average Bonchev–Trinajstić information content (AvgIpc) is 2.96. The van der Waals surface area contributed by atoms with Crippen molar-refractivity contribution in [3.8, 4) is 0 Å². The molecule has 2 fully saturated rings. The zero-order valence-electron chi connectivity index (χ0n) is 10.7. The first-order chi connectivity index (χ1) is 8.35. The zero-order chi connectivity index (χ0) is 12.1. The highest BCUT2D eigenvalue weighted by atomic mass is 16.5. The monoisotopic (exact) mass is 240 g/mol. The third kappa shape index (κ3) is 3.10. The normalized spacial score (nSPS) is 27.9. The van der Waals surface area contributed by atoms with E-state index in [4.69, 9.17) is 10.6 Å². The van der Waals surface area contributed by atoms with E-state index in [-0.39, 0.29) is 0 Å². The maximum atomic E-state index is 5.57. The van der Waals surface area contributed by atoms with Crippen molar-refractivity contribution in [2.75, 3.05) is 26.3 Å². The van der Waals surface area contributed by atoms with Crippen LogP contribution in [0, 0.1) is 5.92 Å². The average molecular weight is 240 g/mol. The van der Waals surface area contributed by atoms with Gasteiger partial charge in [-0.1, -0.05) is 0 Å². The van der Waals surface area contributed by atoms with Crippen molar-refractivity contribution in [3.05, 3.63) is 0 Å². The molecule has 17 heavy (non-hydrogen) atoms. The smallest absolute Gasteiger partial charge is 0.208 e. The summed E-state index contributed by atoms with van der Waals surface area (Å²) < 4.78 is 5.29. The van der Waals surface area contributed by atoms with Crippen LogP contribution in [0.15, 0.2) is 4.99 Å². The number of likely N-dealkylation sites (tertiary alicyclic amines) is 1. The second kappa shape index (κ2) is 6.21. The first-order valence-electron chi connectivity index (χ1n) is 6.70. The van der Waals surface area contributed by atoms with Gasteiger partial charge < -0.3 is 9.64 Å². The fraction of sp³-hybridized carbons (Fsp3) is 0.917. The van der Waals surface area contributed by atoms with Crippen LogP contribution in [0.1, 0.15) is 32.6 Å². The Labute approximate surface area is 103 Å². The van der Waals surface area contributed by atoms with E-state index in [1.54, 1.807) is 0 Å². The quantitative estimate of drug-likeness (QED) is 0.244. The third-order valence-electron chi connectivity index (χ3n) is 3.72. The standard InChI is InChI=1S/C12H24N4O/c1-2-17-7-3-6-14-12(15-13)16-9-10-4-5-11(16)8-10/h10-11H,2-9,13H2,1H3,(H,14,15). The molecule has 2 bridgehead atoms. The Kier molecular flexibility index (Phi) is 4.62. The highest BCUT2D eigenvalue weighted by Crippen LogP contribution is 2.37. The molecule has 2 unspecified atom stereocenters. The first-order valence-corrected chi connectivity index (χ1v) is 6.70. The SMILES string of the molecule is CCOCCCN=C(NN)N1CC2CCC1C2. The molecule has 5 nitrogen and oxygen atoms in total. The predicted octanol–water partition coefficient (Wildman–Crippen LogP) is 0.717. The number of hydrogen-bond acceptors (Lipinski definition) is 3. The predicted molar refractivity (Wildman–Crippen MR) is 68.6 cm³/mol. The second-order valence-corrected chi connectivity index (χ2v) is 4.89. The topological polar surface area (TPSA) is 62.9 Å². The molecule has 1 aliphatic heterocycles. The van der Waals surface area contributed by atoms with E-state index in [1.165, 1.54) is 19.3 Å².